The van der Waals surface area contributed by atoms with Crippen LogP contribution >= 0.6 is 45.2 Å². The van der Waals surface area contributed by atoms with Gasteiger partial charge in [0.2, 0.25) is 0 Å². The van der Waals surface area contributed by atoms with Crippen molar-refractivity contribution in [3.63, 3.8) is 0 Å². The van der Waals surface area contributed by atoms with Crippen molar-refractivity contribution < 1.29 is 23.8 Å². The van der Waals surface area contributed by atoms with Gasteiger partial charge in [-0.3, -0.25) is 5.10 Å². The molecule has 0 spiro atoms. The Morgan fingerprint density at radius 3 is 2.20 bits per heavy atom. The van der Waals surface area contributed by atoms with E-state index in [4.69, 9.17) is 14.2 Å². The lowest BCUT2D eigenvalue weighted by Gasteiger charge is -2.15. The quantitative estimate of drug-likeness (QED) is 0.186. The summed E-state index contributed by atoms with van der Waals surface area (Å²) in [7, 11) is -1.06. The molecule has 0 fully saturated rings. The van der Waals surface area contributed by atoms with Gasteiger partial charge in [0.15, 0.2) is 0 Å². The summed E-state index contributed by atoms with van der Waals surface area (Å²) in [6.45, 7) is 12.4. The first-order valence-electron chi connectivity index (χ1n) is 9.42. The van der Waals surface area contributed by atoms with Crippen molar-refractivity contribution in [2.24, 2.45) is 0 Å². The van der Waals surface area contributed by atoms with Crippen LogP contribution in [0.5, 0.6) is 0 Å². The number of nitrogens with zero attached hydrogens (tertiary/aromatic N) is 3. The summed E-state index contributed by atoms with van der Waals surface area (Å²) < 4.78 is 18.3. The number of hydrogen-bond acceptors (Lipinski definition) is 7. The number of ether oxygens (including phenoxy) is 3. The third kappa shape index (κ3) is 9.87. The molecule has 1 N–H and O–H groups in total. The summed E-state index contributed by atoms with van der Waals surface area (Å²) in [4.78, 5) is 22.7. The van der Waals surface area contributed by atoms with Crippen LogP contribution in [0.15, 0.2) is 12.4 Å². The topological polar surface area (TPSA) is 108 Å². The molecule has 0 atom stereocenters. The van der Waals surface area contributed by atoms with Crippen LogP contribution in [0.1, 0.15) is 34.6 Å². The first-order chi connectivity index (χ1) is 14.1. The van der Waals surface area contributed by atoms with Gasteiger partial charge in [-0.15, -0.1) is 0 Å². The van der Waals surface area contributed by atoms with E-state index in [1.54, 1.807) is 24.7 Å². The second kappa shape index (κ2) is 13.4. The molecule has 0 radical (unpaired) electrons. The molecule has 0 unspecified atom stereocenters. The fourth-order valence-electron chi connectivity index (χ4n) is 1.97. The molecule has 0 aliphatic carbocycles. The second-order valence-corrected chi connectivity index (χ2v) is 15.0. The fraction of sp³-hybridized carbons (Fsp3) is 0.556. The van der Waals surface area contributed by atoms with Gasteiger partial charge in [0.25, 0.3) is 0 Å². The van der Waals surface area contributed by atoms with Gasteiger partial charge in [-0.05, 0) is 65.1 Å². The van der Waals surface area contributed by atoms with E-state index in [0.717, 1.165) is 12.7 Å². The maximum Gasteiger partial charge on any atom is 0.342 e. The van der Waals surface area contributed by atoms with E-state index in [9.17, 15) is 9.59 Å². The van der Waals surface area contributed by atoms with Crippen molar-refractivity contribution in [2.45, 2.75) is 46.3 Å². The predicted octanol–water partition coefficient (Wildman–Crippen LogP) is 4.17. The van der Waals surface area contributed by atoms with Crippen LogP contribution in [0, 0.1) is 7.40 Å². The maximum absolute atomic E-state index is 11.6. The van der Waals surface area contributed by atoms with Gasteiger partial charge in [0, 0.05) is 20.9 Å². The molecular formula is C18H28I2N4O5Si. The van der Waals surface area contributed by atoms with E-state index in [1.807, 2.05) is 45.2 Å². The number of nitrogens with one attached hydrogen (secondary N) is 1. The minimum Gasteiger partial charge on any atom is -0.462 e. The second-order valence-electron chi connectivity index (χ2n) is 7.26. The van der Waals surface area contributed by atoms with Crippen LogP contribution in [0.3, 0.4) is 0 Å². The highest BCUT2D eigenvalue weighted by Gasteiger charge is 2.16. The van der Waals surface area contributed by atoms with Crippen molar-refractivity contribution in [2.75, 3.05) is 19.8 Å². The summed E-state index contributed by atoms with van der Waals surface area (Å²) in [6, 6.07) is 1.12. The van der Waals surface area contributed by atoms with Gasteiger partial charge in [-0.25, -0.2) is 14.3 Å². The normalized spacial score (nSPS) is 10.9. The molecule has 2 aromatic heterocycles. The van der Waals surface area contributed by atoms with Crippen molar-refractivity contribution >= 4 is 65.2 Å². The Morgan fingerprint density at radius 1 is 1.10 bits per heavy atom. The summed E-state index contributed by atoms with van der Waals surface area (Å²) in [5.41, 5.74) is 0.990. The molecule has 168 valence electrons. The molecule has 9 nitrogen and oxygen atoms in total. The summed E-state index contributed by atoms with van der Waals surface area (Å²) >= 11 is 4.02. The molecule has 0 aliphatic heterocycles. The first kappa shape index (κ1) is 27.0. The number of carbonyl (C=O) groups excluding carboxylic acids is 2. The van der Waals surface area contributed by atoms with E-state index in [1.165, 1.54) is 6.20 Å². The van der Waals surface area contributed by atoms with Crippen LogP contribution in [-0.2, 0) is 20.9 Å². The number of aromatic amines is 1. The van der Waals surface area contributed by atoms with Crippen molar-refractivity contribution in [1.82, 2.24) is 20.0 Å². The van der Waals surface area contributed by atoms with Crippen LogP contribution in [0.25, 0.3) is 0 Å². The maximum atomic E-state index is 11.6. The highest BCUT2D eigenvalue weighted by atomic mass is 127. The molecule has 2 heterocycles. The Balaban J connectivity index is 0.000000346. The summed E-state index contributed by atoms with van der Waals surface area (Å²) in [5.74, 6) is -0.661. The van der Waals surface area contributed by atoms with E-state index in [-0.39, 0.29) is 11.9 Å². The average Bonchev–Trinajstić information content (AvgIpc) is 3.24. The van der Waals surface area contributed by atoms with Gasteiger partial charge in [-0.2, -0.15) is 10.2 Å². The predicted molar refractivity (Wildman–Crippen MR) is 132 cm³/mol. The molecule has 0 bridgehead atoms. The number of halogens is 2. The highest BCUT2D eigenvalue weighted by molar-refractivity contribution is 14.1. The van der Waals surface area contributed by atoms with Crippen LogP contribution in [0.2, 0.25) is 25.7 Å². The monoisotopic (exact) mass is 662 g/mol. The van der Waals surface area contributed by atoms with Gasteiger partial charge in [-0.1, -0.05) is 19.6 Å². The Hall–Kier alpha value is -1.00. The average molecular weight is 662 g/mol. The van der Waals surface area contributed by atoms with Gasteiger partial charge in [0.1, 0.15) is 25.3 Å². The zero-order chi connectivity index (χ0) is 22.7. The van der Waals surface area contributed by atoms with E-state index < -0.39 is 8.07 Å². The number of esters is 2. The van der Waals surface area contributed by atoms with Crippen LogP contribution in [0.4, 0.5) is 0 Å². The fourth-order valence-corrected chi connectivity index (χ4v) is 3.86. The molecule has 30 heavy (non-hydrogen) atoms. The number of carbonyl (C=O) groups is 2. The van der Waals surface area contributed by atoms with Crippen molar-refractivity contribution in [3.8, 4) is 0 Å². The molecule has 12 heteroatoms. The van der Waals surface area contributed by atoms with E-state index >= 15 is 0 Å². The summed E-state index contributed by atoms with van der Waals surface area (Å²) in [5, 5.41) is 10.6. The Kier molecular flexibility index (Phi) is 12.1. The molecule has 0 aromatic carbocycles. The molecule has 2 rings (SSSR count). The summed E-state index contributed by atoms with van der Waals surface area (Å²) in [6.07, 6.45) is 3.13. The molecule has 0 amide bonds. The van der Waals surface area contributed by atoms with E-state index in [0.29, 0.717) is 38.5 Å². The van der Waals surface area contributed by atoms with Gasteiger partial charge < -0.3 is 14.2 Å². The van der Waals surface area contributed by atoms with Crippen LogP contribution < -0.4 is 0 Å². The molecule has 2 aromatic rings. The minimum atomic E-state index is -1.06. The van der Waals surface area contributed by atoms with Gasteiger partial charge in [0.05, 0.1) is 19.4 Å². The minimum absolute atomic E-state index is 0.328. The Labute approximate surface area is 204 Å². The third-order valence-corrected chi connectivity index (χ3v) is 6.84. The Morgan fingerprint density at radius 2 is 1.70 bits per heavy atom. The van der Waals surface area contributed by atoms with Gasteiger partial charge >= 0.3 is 11.9 Å². The number of aromatic nitrogens is 4. The largest absolute Gasteiger partial charge is 0.462 e. The van der Waals surface area contributed by atoms with E-state index in [2.05, 4.69) is 34.9 Å². The lowest BCUT2D eigenvalue weighted by Crippen LogP contribution is -2.22. The lowest BCUT2D eigenvalue weighted by molar-refractivity contribution is 0.0514. The van der Waals surface area contributed by atoms with Crippen molar-refractivity contribution in [1.29, 1.82) is 0 Å². The molecular weight excluding hydrogens is 634 g/mol. The molecule has 0 aliphatic rings. The highest BCUT2D eigenvalue weighted by Crippen LogP contribution is 2.12. The zero-order valence-electron chi connectivity index (χ0n) is 17.8. The molecule has 0 saturated carbocycles. The number of hydrogen-bond donors (Lipinski definition) is 1. The zero-order valence-corrected chi connectivity index (χ0v) is 23.1. The third-order valence-electron chi connectivity index (χ3n) is 3.52. The Bertz CT molecular complexity index is 820. The lowest BCUT2D eigenvalue weighted by atomic mass is 10.4. The molecule has 0 saturated heterocycles. The SMILES string of the molecule is CCOC(=O)c1cn(COCC[Si](C)(C)C)nc1I.CCOC(=O)c1cn[nH]c1I. The smallest absolute Gasteiger partial charge is 0.342 e. The number of rotatable bonds is 9. The van der Waals surface area contributed by atoms with Crippen LogP contribution in [-0.4, -0.2) is 59.8 Å². The first-order valence-corrected chi connectivity index (χ1v) is 15.3. The number of H-pyrrole nitrogens is 1. The standard InChI is InChI=1S/C12H21IN2O3Si.C6H7IN2O2/c1-5-18-12(16)10-8-15(14-11(10)13)9-17-6-7-19(2,3)4;1-2-11-6(10)4-3-8-9-5(4)7/h8H,5-7,9H2,1-4H3;3H,2H2,1H3,(H,8,9). The van der Waals surface area contributed by atoms with Crippen molar-refractivity contribution in [3.05, 3.63) is 30.9 Å².